The molecule has 1 saturated heterocycles. The van der Waals surface area contributed by atoms with Crippen LogP contribution in [0.2, 0.25) is 0 Å². The first kappa shape index (κ1) is 12.1. The maximum Gasteiger partial charge on any atom is 0.254 e. The molecule has 1 aliphatic rings. The van der Waals surface area contributed by atoms with Gasteiger partial charge < -0.3 is 10.6 Å². The Morgan fingerprint density at radius 2 is 2.18 bits per heavy atom. The third-order valence-electron chi connectivity index (χ3n) is 3.66. The number of likely N-dealkylation sites (tertiary alicyclic amines) is 1. The molecule has 0 bridgehead atoms. The first-order chi connectivity index (χ1) is 8.13. The van der Waals surface area contributed by atoms with E-state index in [2.05, 4.69) is 6.92 Å². The van der Waals surface area contributed by atoms with Crippen molar-refractivity contribution < 1.29 is 4.79 Å². The molecule has 1 unspecified atom stereocenters. The van der Waals surface area contributed by atoms with Crippen molar-refractivity contribution in [2.75, 3.05) is 13.1 Å². The minimum Gasteiger partial charge on any atom is -0.334 e. The van der Waals surface area contributed by atoms with E-state index in [1.165, 1.54) is 11.1 Å². The first-order valence-corrected chi connectivity index (χ1v) is 6.21. The molecule has 1 aromatic carbocycles. The first-order valence-electron chi connectivity index (χ1n) is 6.21. The molecule has 3 nitrogen and oxygen atoms in total. The smallest absolute Gasteiger partial charge is 0.254 e. The molecule has 17 heavy (non-hydrogen) atoms. The molecule has 2 N–H and O–H groups in total. The van der Waals surface area contributed by atoms with Crippen molar-refractivity contribution in [2.45, 2.75) is 32.7 Å². The van der Waals surface area contributed by atoms with E-state index in [1.54, 1.807) is 0 Å². The van der Waals surface area contributed by atoms with Gasteiger partial charge in [0.25, 0.3) is 5.91 Å². The van der Waals surface area contributed by atoms with Crippen LogP contribution in [0, 0.1) is 13.8 Å². The second-order valence-electron chi connectivity index (χ2n) is 4.83. The van der Waals surface area contributed by atoms with Gasteiger partial charge >= 0.3 is 0 Å². The molecule has 0 saturated carbocycles. The zero-order chi connectivity index (χ0) is 12.4. The van der Waals surface area contributed by atoms with Crippen molar-refractivity contribution in [2.24, 2.45) is 5.73 Å². The summed E-state index contributed by atoms with van der Waals surface area (Å²) in [7, 11) is 0. The molecule has 1 heterocycles. The summed E-state index contributed by atoms with van der Waals surface area (Å²) in [6.07, 6.45) is 2.10. The monoisotopic (exact) mass is 232 g/mol. The number of nitrogens with zero attached hydrogens (tertiary/aromatic N) is 1. The average molecular weight is 232 g/mol. The standard InChI is InChI=1S/C14H20N2O/c1-10-5-6-12(8-11(10)2)14(17)16-7-3-4-13(16)9-15/h5-6,8,13H,3-4,7,9,15H2,1-2H3. The van der Waals surface area contributed by atoms with Gasteiger partial charge in [-0.25, -0.2) is 0 Å². The van der Waals surface area contributed by atoms with Gasteiger partial charge in [-0.05, 0) is 49.9 Å². The SMILES string of the molecule is Cc1ccc(C(=O)N2CCCC2CN)cc1C. The number of amides is 1. The summed E-state index contributed by atoms with van der Waals surface area (Å²) in [6.45, 7) is 5.50. The fourth-order valence-corrected chi connectivity index (χ4v) is 2.39. The zero-order valence-electron chi connectivity index (χ0n) is 10.6. The predicted molar refractivity (Wildman–Crippen MR) is 69.0 cm³/mol. The lowest BCUT2D eigenvalue weighted by Crippen LogP contribution is -2.39. The average Bonchev–Trinajstić information content (AvgIpc) is 2.80. The van der Waals surface area contributed by atoms with E-state index < -0.39 is 0 Å². The summed E-state index contributed by atoms with van der Waals surface area (Å²) in [5, 5.41) is 0. The van der Waals surface area contributed by atoms with Crippen LogP contribution in [-0.4, -0.2) is 29.9 Å². The van der Waals surface area contributed by atoms with Crippen molar-refractivity contribution in [1.29, 1.82) is 0 Å². The Kier molecular flexibility index (Phi) is 3.48. The second-order valence-corrected chi connectivity index (χ2v) is 4.83. The number of hydrogen-bond donors (Lipinski definition) is 1. The topological polar surface area (TPSA) is 46.3 Å². The number of aryl methyl sites for hydroxylation is 2. The maximum absolute atomic E-state index is 12.4. The Morgan fingerprint density at radius 3 is 2.82 bits per heavy atom. The van der Waals surface area contributed by atoms with E-state index >= 15 is 0 Å². The third-order valence-corrected chi connectivity index (χ3v) is 3.66. The molecule has 2 rings (SSSR count). The highest BCUT2D eigenvalue weighted by atomic mass is 16.2. The zero-order valence-corrected chi connectivity index (χ0v) is 10.6. The summed E-state index contributed by atoms with van der Waals surface area (Å²) in [5.41, 5.74) is 8.87. The van der Waals surface area contributed by atoms with Gasteiger partial charge in [0.15, 0.2) is 0 Å². The lowest BCUT2D eigenvalue weighted by molar-refractivity contribution is 0.0741. The van der Waals surface area contributed by atoms with Crippen LogP contribution in [0.1, 0.15) is 34.3 Å². The van der Waals surface area contributed by atoms with Gasteiger partial charge in [0.05, 0.1) is 0 Å². The van der Waals surface area contributed by atoms with Crippen LogP contribution in [0.15, 0.2) is 18.2 Å². The number of hydrogen-bond acceptors (Lipinski definition) is 2. The van der Waals surface area contributed by atoms with Gasteiger partial charge in [0, 0.05) is 24.7 Å². The Balaban J connectivity index is 2.21. The van der Waals surface area contributed by atoms with Crippen molar-refractivity contribution in [3.8, 4) is 0 Å². The molecule has 0 aliphatic carbocycles. The molecule has 1 atom stereocenters. The molecule has 1 fully saturated rings. The number of carbonyl (C=O) groups is 1. The minimum atomic E-state index is 0.126. The van der Waals surface area contributed by atoms with Gasteiger partial charge in [-0.15, -0.1) is 0 Å². The van der Waals surface area contributed by atoms with Crippen LogP contribution >= 0.6 is 0 Å². The molecule has 0 aromatic heterocycles. The number of benzene rings is 1. The molecular formula is C14H20N2O. The highest BCUT2D eigenvalue weighted by molar-refractivity contribution is 5.94. The largest absolute Gasteiger partial charge is 0.334 e. The number of carbonyl (C=O) groups excluding carboxylic acids is 1. The lowest BCUT2D eigenvalue weighted by atomic mass is 10.1. The van der Waals surface area contributed by atoms with E-state index in [4.69, 9.17) is 5.73 Å². The van der Waals surface area contributed by atoms with Crippen LogP contribution in [0.5, 0.6) is 0 Å². The van der Waals surface area contributed by atoms with Crippen molar-refractivity contribution in [3.05, 3.63) is 34.9 Å². The number of nitrogens with two attached hydrogens (primary N) is 1. The molecule has 0 spiro atoms. The van der Waals surface area contributed by atoms with Gasteiger partial charge in [-0.2, -0.15) is 0 Å². The van der Waals surface area contributed by atoms with Crippen LogP contribution in [-0.2, 0) is 0 Å². The summed E-state index contributed by atoms with van der Waals surface area (Å²) >= 11 is 0. The third kappa shape index (κ3) is 2.34. The van der Waals surface area contributed by atoms with E-state index in [-0.39, 0.29) is 11.9 Å². The number of rotatable bonds is 2. The van der Waals surface area contributed by atoms with Crippen LogP contribution in [0.4, 0.5) is 0 Å². The Hall–Kier alpha value is -1.35. The Morgan fingerprint density at radius 1 is 1.41 bits per heavy atom. The van der Waals surface area contributed by atoms with Crippen molar-refractivity contribution >= 4 is 5.91 Å². The van der Waals surface area contributed by atoms with Gasteiger partial charge in [-0.1, -0.05) is 6.07 Å². The quantitative estimate of drug-likeness (QED) is 0.846. The normalized spacial score (nSPS) is 19.7. The highest BCUT2D eigenvalue weighted by Crippen LogP contribution is 2.20. The molecule has 0 radical (unpaired) electrons. The Bertz CT molecular complexity index is 428. The predicted octanol–water partition coefficient (Wildman–Crippen LogP) is 1.87. The van der Waals surface area contributed by atoms with Gasteiger partial charge in [0.1, 0.15) is 0 Å². The minimum absolute atomic E-state index is 0.126. The maximum atomic E-state index is 12.4. The summed E-state index contributed by atoms with van der Waals surface area (Å²) < 4.78 is 0. The highest BCUT2D eigenvalue weighted by Gasteiger charge is 2.28. The summed E-state index contributed by atoms with van der Waals surface area (Å²) in [4.78, 5) is 14.3. The molecule has 92 valence electrons. The van der Waals surface area contributed by atoms with Crippen molar-refractivity contribution in [1.82, 2.24) is 4.90 Å². The van der Waals surface area contributed by atoms with E-state index in [1.807, 2.05) is 30.0 Å². The summed E-state index contributed by atoms with van der Waals surface area (Å²) in [5.74, 6) is 0.126. The van der Waals surface area contributed by atoms with E-state index in [9.17, 15) is 4.79 Å². The van der Waals surface area contributed by atoms with Crippen LogP contribution < -0.4 is 5.73 Å². The molecule has 3 heteroatoms. The van der Waals surface area contributed by atoms with Crippen molar-refractivity contribution in [3.63, 3.8) is 0 Å². The van der Waals surface area contributed by atoms with E-state index in [0.29, 0.717) is 6.54 Å². The van der Waals surface area contributed by atoms with Gasteiger partial charge in [0.2, 0.25) is 0 Å². The molecular weight excluding hydrogens is 212 g/mol. The van der Waals surface area contributed by atoms with Gasteiger partial charge in [-0.3, -0.25) is 4.79 Å². The lowest BCUT2D eigenvalue weighted by Gasteiger charge is -2.23. The molecule has 1 aliphatic heterocycles. The molecule has 1 aromatic rings. The summed E-state index contributed by atoms with van der Waals surface area (Å²) in [6, 6.07) is 6.13. The fourth-order valence-electron chi connectivity index (χ4n) is 2.39. The molecule has 1 amide bonds. The van der Waals surface area contributed by atoms with E-state index in [0.717, 1.165) is 24.9 Å². The Labute approximate surface area is 103 Å². The second kappa shape index (κ2) is 4.88. The fraction of sp³-hybridized carbons (Fsp3) is 0.500. The van der Waals surface area contributed by atoms with Crippen LogP contribution in [0.25, 0.3) is 0 Å². The van der Waals surface area contributed by atoms with Crippen LogP contribution in [0.3, 0.4) is 0 Å².